The van der Waals surface area contributed by atoms with E-state index in [4.69, 9.17) is 5.73 Å². The summed E-state index contributed by atoms with van der Waals surface area (Å²) in [6.07, 6.45) is 0. The Hall–Kier alpha value is -0.710. The van der Waals surface area contributed by atoms with Crippen LogP contribution in [0.1, 0.15) is 13.8 Å². The van der Waals surface area contributed by atoms with Gasteiger partial charge in [-0.1, -0.05) is 16.2 Å². The lowest BCUT2D eigenvalue weighted by Crippen LogP contribution is -2.42. The quantitative estimate of drug-likeness (QED) is 0.296. The third kappa shape index (κ3) is 1.96. The van der Waals surface area contributed by atoms with Crippen LogP contribution in [0.5, 0.6) is 0 Å². The van der Waals surface area contributed by atoms with E-state index in [0.717, 1.165) is 0 Å². The minimum absolute atomic E-state index is 0.0481. The van der Waals surface area contributed by atoms with E-state index in [1.807, 2.05) is 26.0 Å². The molecule has 0 aliphatic carbocycles. The van der Waals surface area contributed by atoms with E-state index in [-0.39, 0.29) is 6.04 Å². The number of hydrogen-bond donors (Lipinski definition) is 3. The number of hydrogen-bond acceptors (Lipinski definition) is 3. The zero-order valence-corrected chi connectivity index (χ0v) is 8.70. The maximum Gasteiger partial charge on any atom is 0.200 e. The van der Waals surface area contributed by atoms with Crippen LogP contribution in [0.2, 0.25) is 0 Å². The first-order chi connectivity index (χ1) is 5.96. The van der Waals surface area contributed by atoms with Gasteiger partial charge in [-0.3, -0.25) is 0 Å². The molecule has 0 spiro atoms. The average molecular weight is 199 g/mol. The smallest absolute Gasteiger partial charge is 0.200 e. The van der Waals surface area contributed by atoms with Crippen LogP contribution in [-0.4, -0.2) is 11.2 Å². The largest absolute Gasteiger partial charge is 0.394 e. The van der Waals surface area contributed by atoms with E-state index < -0.39 is 4.05 Å². The van der Waals surface area contributed by atoms with Gasteiger partial charge in [-0.05, 0) is 19.9 Å². The van der Waals surface area contributed by atoms with E-state index >= 15 is 0 Å². The molecule has 1 aromatic carbocycles. The van der Waals surface area contributed by atoms with Gasteiger partial charge in [0, 0.05) is 6.07 Å². The summed E-state index contributed by atoms with van der Waals surface area (Å²) >= 11 is 4.15. The second-order valence-electron chi connectivity index (χ2n) is 3.30. The highest BCUT2D eigenvalue weighted by Gasteiger charge is 2.31. The third-order valence-electron chi connectivity index (χ3n) is 2.01. The fraction of sp³-hybridized carbons (Fsp3) is 0.333. The molecule has 72 valence electrons. The Labute approximate surface area is 83.9 Å². The Balaban J connectivity index is 3.14. The predicted molar refractivity (Wildman–Crippen MR) is 58.6 cm³/mol. The molecule has 0 radical (unpaired) electrons. The summed E-state index contributed by atoms with van der Waals surface area (Å²) in [5.41, 5.74) is 6.88. The van der Waals surface area contributed by atoms with Crippen LogP contribution in [-0.2, 0) is 0 Å². The maximum absolute atomic E-state index is 9.97. The van der Waals surface area contributed by atoms with Crippen molar-refractivity contribution in [2.24, 2.45) is 0 Å². The summed E-state index contributed by atoms with van der Waals surface area (Å²) in [6.45, 7) is 3.75. The minimum atomic E-state index is -0.479. The van der Waals surface area contributed by atoms with Gasteiger partial charge in [0.1, 0.15) is 6.04 Å². The summed E-state index contributed by atoms with van der Waals surface area (Å²) in [4.78, 5) is 0. The second kappa shape index (κ2) is 3.57. The van der Waals surface area contributed by atoms with Crippen LogP contribution in [0.15, 0.2) is 24.3 Å². The van der Waals surface area contributed by atoms with Gasteiger partial charge in [0.05, 0.1) is 18.5 Å². The van der Waals surface area contributed by atoms with Crippen LogP contribution >= 0.6 is 12.8 Å². The SMILES string of the molecule is CC(C)[N+](O)(S)c1ccccc1N. The monoisotopic (exact) mass is 199 g/mol. The molecule has 0 saturated carbocycles. The highest BCUT2D eigenvalue weighted by atomic mass is 32.1. The van der Waals surface area contributed by atoms with Gasteiger partial charge in [-0.25, -0.2) is 0 Å². The molecule has 4 heteroatoms. The first-order valence-corrected chi connectivity index (χ1v) is 4.55. The van der Waals surface area contributed by atoms with Crippen LogP contribution in [0, 0.1) is 0 Å². The van der Waals surface area contributed by atoms with Crippen molar-refractivity contribution in [2.45, 2.75) is 19.9 Å². The van der Waals surface area contributed by atoms with E-state index in [9.17, 15) is 5.21 Å². The van der Waals surface area contributed by atoms with Crippen LogP contribution < -0.4 is 9.79 Å². The fourth-order valence-electron chi connectivity index (χ4n) is 1.07. The lowest BCUT2D eigenvalue weighted by molar-refractivity contribution is -0.00000448. The van der Waals surface area contributed by atoms with Crippen LogP contribution in [0.3, 0.4) is 0 Å². The summed E-state index contributed by atoms with van der Waals surface area (Å²) in [5, 5.41) is 9.97. The Bertz CT molecular complexity index is 299. The normalized spacial score (nSPS) is 15.8. The molecule has 0 amide bonds. The number of nitrogen functional groups attached to an aromatic ring is 1. The van der Waals surface area contributed by atoms with Gasteiger partial charge in [0.15, 0.2) is 5.69 Å². The molecule has 3 nitrogen and oxygen atoms in total. The molecule has 0 aliphatic rings. The molecule has 13 heavy (non-hydrogen) atoms. The molecule has 0 bridgehead atoms. The summed E-state index contributed by atoms with van der Waals surface area (Å²) in [5.74, 6) is 0. The number of anilines is 1. The van der Waals surface area contributed by atoms with Crippen molar-refractivity contribution >= 4 is 24.2 Å². The van der Waals surface area contributed by atoms with Crippen molar-refractivity contribution in [2.75, 3.05) is 5.73 Å². The van der Waals surface area contributed by atoms with Crippen LogP contribution in [0.4, 0.5) is 11.4 Å². The minimum Gasteiger partial charge on any atom is -0.394 e. The summed E-state index contributed by atoms with van der Waals surface area (Å²) < 4.78 is -0.479. The molecule has 0 heterocycles. The number of nitrogens with zero attached hydrogens (tertiary/aromatic N) is 1. The van der Waals surface area contributed by atoms with Crippen molar-refractivity contribution < 1.29 is 5.21 Å². The van der Waals surface area contributed by atoms with Gasteiger partial charge in [0.2, 0.25) is 0 Å². The molecular formula is C9H15N2OS+. The number of rotatable bonds is 2. The first-order valence-electron chi connectivity index (χ1n) is 4.15. The lowest BCUT2D eigenvalue weighted by Gasteiger charge is -2.27. The Morgan fingerprint density at radius 1 is 1.38 bits per heavy atom. The second-order valence-corrected chi connectivity index (χ2v) is 3.91. The summed E-state index contributed by atoms with van der Waals surface area (Å²) in [7, 11) is 0. The maximum atomic E-state index is 9.97. The van der Waals surface area contributed by atoms with Gasteiger partial charge in [0.25, 0.3) is 0 Å². The zero-order chi connectivity index (χ0) is 10.1. The highest BCUT2D eigenvalue weighted by Crippen LogP contribution is 2.31. The molecule has 1 aromatic rings. The fourth-order valence-corrected chi connectivity index (χ4v) is 1.25. The molecule has 0 fully saturated rings. The predicted octanol–water partition coefficient (Wildman–Crippen LogP) is 2.22. The molecule has 0 aromatic heterocycles. The molecule has 1 atom stereocenters. The standard InChI is InChI=1S/C9H15N2OS/c1-7(2)11(12,13)9-6-4-3-5-8(9)10/h3-7,12-13H,10H2,1-2H3/q+1. The lowest BCUT2D eigenvalue weighted by atomic mass is 10.2. The van der Waals surface area contributed by atoms with Crippen molar-refractivity contribution in [3.63, 3.8) is 0 Å². The summed E-state index contributed by atoms with van der Waals surface area (Å²) in [6, 6.07) is 7.12. The topological polar surface area (TPSA) is 46.2 Å². The molecule has 1 unspecified atom stereocenters. The number of para-hydroxylation sites is 2. The van der Waals surface area contributed by atoms with Crippen LogP contribution in [0.25, 0.3) is 0 Å². The number of quaternary nitrogens is 1. The number of thiol groups is 1. The van der Waals surface area contributed by atoms with Crippen molar-refractivity contribution in [1.29, 1.82) is 0 Å². The number of nitrogens with two attached hydrogens (primary N) is 1. The molecule has 3 N–H and O–H groups in total. The van der Waals surface area contributed by atoms with Crippen molar-refractivity contribution in [1.82, 2.24) is 4.05 Å². The molecular weight excluding hydrogens is 184 g/mol. The third-order valence-corrected chi connectivity index (χ3v) is 2.69. The number of benzene rings is 1. The van der Waals surface area contributed by atoms with E-state index in [1.165, 1.54) is 0 Å². The van der Waals surface area contributed by atoms with E-state index in [1.54, 1.807) is 12.1 Å². The van der Waals surface area contributed by atoms with Gasteiger partial charge < -0.3 is 5.73 Å². The molecule has 0 aliphatic heterocycles. The van der Waals surface area contributed by atoms with Gasteiger partial charge >= 0.3 is 0 Å². The zero-order valence-electron chi connectivity index (χ0n) is 7.81. The van der Waals surface area contributed by atoms with Crippen molar-refractivity contribution in [3.8, 4) is 0 Å². The van der Waals surface area contributed by atoms with E-state index in [2.05, 4.69) is 12.8 Å². The number of hydroxylamine groups is 1. The Morgan fingerprint density at radius 2 is 1.92 bits per heavy atom. The van der Waals surface area contributed by atoms with E-state index in [0.29, 0.717) is 11.4 Å². The Kier molecular flexibility index (Phi) is 2.85. The van der Waals surface area contributed by atoms with Crippen molar-refractivity contribution in [3.05, 3.63) is 24.3 Å². The molecule has 1 rings (SSSR count). The van der Waals surface area contributed by atoms with Gasteiger partial charge in [-0.2, -0.15) is 5.21 Å². The highest BCUT2D eigenvalue weighted by molar-refractivity contribution is 7.79. The molecule has 0 saturated heterocycles. The Morgan fingerprint density at radius 3 is 2.38 bits per heavy atom. The average Bonchev–Trinajstić information content (AvgIpc) is 2.04. The van der Waals surface area contributed by atoms with Gasteiger partial charge in [-0.15, -0.1) is 0 Å². The first kappa shape index (κ1) is 10.4.